The van der Waals surface area contributed by atoms with Crippen LogP contribution in [0.15, 0.2) is 96.0 Å². The van der Waals surface area contributed by atoms with E-state index >= 15 is 0 Å². The van der Waals surface area contributed by atoms with Crippen LogP contribution in [-0.4, -0.2) is 26.0 Å². The third-order valence-electron chi connectivity index (χ3n) is 5.79. The van der Waals surface area contributed by atoms with Gasteiger partial charge in [0, 0.05) is 10.4 Å². The lowest BCUT2D eigenvalue weighted by atomic mass is 9.97. The number of rotatable bonds is 9. The highest BCUT2D eigenvalue weighted by Gasteiger charge is 2.22. The molecule has 4 aromatic rings. The molecule has 2 N–H and O–H groups in total. The van der Waals surface area contributed by atoms with Crippen LogP contribution in [0, 0.1) is 6.92 Å². The third-order valence-corrected chi connectivity index (χ3v) is 6.61. The Morgan fingerprint density at radius 1 is 0.838 bits per heavy atom. The minimum absolute atomic E-state index is 0.135. The first kappa shape index (κ1) is 25.7. The monoisotopic (exact) mass is 512 g/mol. The van der Waals surface area contributed by atoms with Crippen molar-refractivity contribution in [2.45, 2.75) is 13.0 Å². The smallest absolute Gasteiger partial charge is 0.268 e. The first-order valence-corrected chi connectivity index (χ1v) is 12.6. The number of ether oxygens (including phenoxy) is 2. The summed E-state index contributed by atoms with van der Waals surface area (Å²) in [6.45, 7) is 2.02. The minimum Gasteiger partial charge on any atom is -0.493 e. The highest BCUT2D eigenvalue weighted by molar-refractivity contribution is 7.10. The molecule has 0 fully saturated rings. The van der Waals surface area contributed by atoms with E-state index in [1.54, 1.807) is 24.3 Å². The second-order valence-electron chi connectivity index (χ2n) is 8.33. The van der Waals surface area contributed by atoms with Crippen molar-refractivity contribution in [3.05, 3.63) is 123 Å². The van der Waals surface area contributed by atoms with Gasteiger partial charge in [-0.1, -0.05) is 66.2 Å². The zero-order valence-electron chi connectivity index (χ0n) is 20.9. The Labute approximate surface area is 220 Å². The van der Waals surface area contributed by atoms with Crippen LogP contribution in [0.25, 0.3) is 6.08 Å². The Bertz CT molecular complexity index is 1380. The maximum absolute atomic E-state index is 13.6. The number of carbonyl (C=O) groups is 2. The Morgan fingerprint density at radius 3 is 2.19 bits per heavy atom. The molecule has 188 valence electrons. The van der Waals surface area contributed by atoms with Crippen molar-refractivity contribution < 1.29 is 19.1 Å². The largest absolute Gasteiger partial charge is 0.493 e. The van der Waals surface area contributed by atoms with E-state index in [-0.39, 0.29) is 5.70 Å². The first-order chi connectivity index (χ1) is 18.0. The number of carbonyl (C=O) groups excluding carboxylic acids is 2. The second kappa shape index (κ2) is 12.1. The fraction of sp³-hybridized carbons (Fsp3) is 0.133. The van der Waals surface area contributed by atoms with Gasteiger partial charge in [0.15, 0.2) is 11.5 Å². The maximum Gasteiger partial charge on any atom is 0.268 e. The normalized spacial score (nSPS) is 11.9. The number of aryl methyl sites for hydroxylation is 1. The molecule has 2 amide bonds. The van der Waals surface area contributed by atoms with E-state index in [9.17, 15) is 9.59 Å². The topological polar surface area (TPSA) is 76.7 Å². The molecule has 37 heavy (non-hydrogen) atoms. The van der Waals surface area contributed by atoms with E-state index in [0.29, 0.717) is 17.1 Å². The van der Waals surface area contributed by atoms with Crippen molar-refractivity contribution in [1.82, 2.24) is 10.6 Å². The Balaban J connectivity index is 1.65. The van der Waals surface area contributed by atoms with Crippen LogP contribution in [-0.2, 0) is 4.79 Å². The summed E-state index contributed by atoms with van der Waals surface area (Å²) >= 11 is 1.47. The summed E-state index contributed by atoms with van der Waals surface area (Å²) in [5, 5.41) is 7.83. The number of thiophene rings is 1. The molecule has 1 aromatic heterocycles. The van der Waals surface area contributed by atoms with Gasteiger partial charge in [0.1, 0.15) is 5.70 Å². The zero-order chi connectivity index (χ0) is 26.2. The molecule has 4 rings (SSSR count). The van der Waals surface area contributed by atoms with E-state index in [2.05, 4.69) is 10.6 Å². The van der Waals surface area contributed by atoms with Crippen LogP contribution in [0.2, 0.25) is 0 Å². The van der Waals surface area contributed by atoms with Gasteiger partial charge >= 0.3 is 0 Å². The van der Waals surface area contributed by atoms with E-state index in [4.69, 9.17) is 9.47 Å². The molecule has 0 spiro atoms. The number of hydrogen-bond donors (Lipinski definition) is 2. The number of nitrogens with one attached hydrogen (secondary N) is 2. The summed E-state index contributed by atoms with van der Waals surface area (Å²) in [6.07, 6.45) is 1.68. The van der Waals surface area contributed by atoms with Crippen molar-refractivity contribution in [1.29, 1.82) is 0 Å². The predicted molar refractivity (Wildman–Crippen MR) is 147 cm³/mol. The second-order valence-corrected chi connectivity index (χ2v) is 9.30. The summed E-state index contributed by atoms with van der Waals surface area (Å²) < 4.78 is 10.6. The lowest BCUT2D eigenvalue weighted by Gasteiger charge is -2.21. The molecule has 0 aliphatic heterocycles. The third kappa shape index (κ3) is 6.45. The molecule has 3 aromatic carbocycles. The molecule has 0 saturated heterocycles. The highest BCUT2D eigenvalue weighted by Crippen LogP contribution is 2.28. The van der Waals surface area contributed by atoms with E-state index in [1.807, 2.05) is 79.0 Å². The molecule has 7 heteroatoms. The Hall–Kier alpha value is -4.36. The summed E-state index contributed by atoms with van der Waals surface area (Å²) in [5.41, 5.74) is 3.46. The molecule has 1 unspecified atom stereocenters. The molecule has 6 nitrogen and oxygen atoms in total. The number of hydrogen-bond acceptors (Lipinski definition) is 5. The number of amides is 2. The predicted octanol–water partition coefficient (Wildman–Crippen LogP) is 5.75. The van der Waals surface area contributed by atoms with Crippen LogP contribution >= 0.6 is 11.3 Å². The summed E-state index contributed by atoms with van der Waals surface area (Å²) in [7, 11) is 3.03. The Kier molecular flexibility index (Phi) is 8.38. The summed E-state index contributed by atoms with van der Waals surface area (Å²) in [4.78, 5) is 27.7. The number of methoxy groups -OCH3 is 2. The average molecular weight is 513 g/mol. The fourth-order valence-corrected chi connectivity index (χ4v) is 4.48. The van der Waals surface area contributed by atoms with Crippen LogP contribution in [0.1, 0.15) is 38.0 Å². The average Bonchev–Trinajstić information content (AvgIpc) is 3.45. The van der Waals surface area contributed by atoms with Crippen LogP contribution < -0.4 is 20.1 Å². The lowest BCUT2D eigenvalue weighted by molar-refractivity contribution is -0.118. The maximum atomic E-state index is 13.6. The summed E-state index contributed by atoms with van der Waals surface area (Å²) in [6, 6.07) is 26.0. The molecule has 0 bridgehead atoms. The van der Waals surface area contributed by atoms with Gasteiger partial charge < -0.3 is 20.1 Å². The lowest BCUT2D eigenvalue weighted by Crippen LogP contribution is -2.37. The molecule has 0 saturated carbocycles. The van der Waals surface area contributed by atoms with Gasteiger partial charge in [0.05, 0.1) is 20.3 Å². The molecule has 1 heterocycles. The van der Waals surface area contributed by atoms with Crippen LogP contribution in [0.4, 0.5) is 0 Å². The molecule has 0 aliphatic rings. The zero-order valence-corrected chi connectivity index (χ0v) is 21.7. The Morgan fingerprint density at radius 2 is 1.54 bits per heavy atom. The molecule has 0 aliphatic carbocycles. The molecular formula is C30H28N2O4S. The van der Waals surface area contributed by atoms with Crippen molar-refractivity contribution >= 4 is 29.2 Å². The number of benzene rings is 3. The molecule has 0 radical (unpaired) electrons. The quantitative estimate of drug-likeness (QED) is 0.280. The fourth-order valence-electron chi connectivity index (χ4n) is 3.82. The van der Waals surface area contributed by atoms with Crippen LogP contribution in [0.3, 0.4) is 0 Å². The standard InChI is InChI=1S/C30H28N2O4S/c1-20-11-13-22(14-12-20)28(21-8-5-4-6-9-21)32-30(34)25(19-24-10-7-17-37-24)31-29(33)23-15-16-26(35-2)27(18-23)36-3/h4-19,28H,1-3H3,(H,31,33)(H,32,34)/b25-19-. The van der Waals surface area contributed by atoms with Gasteiger partial charge in [0.25, 0.3) is 11.8 Å². The van der Waals surface area contributed by atoms with E-state index in [1.165, 1.54) is 25.6 Å². The molecule has 1 atom stereocenters. The minimum atomic E-state index is -0.439. The van der Waals surface area contributed by atoms with Gasteiger partial charge in [-0.2, -0.15) is 0 Å². The van der Waals surface area contributed by atoms with Crippen molar-refractivity contribution in [2.24, 2.45) is 0 Å². The van der Waals surface area contributed by atoms with Crippen molar-refractivity contribution in [3.8, 4) is 11.5 Å². The van der Waals surface area contributed by atoms with E-state index < -0.39 is 17.9 Å². The van der Waals surface area contributed by atoms with Crippen molar-refractivity contribution in [2.75, 3.05) is 14.2 Å². The van der Waals surface area contributed by atoms with Crippen molar-refractivity contribution in [3.63, 3.8) is 0 Å². The van der Waals surface area contributed by atoms with Gasteiger partial charge in [0.2, 0.25) is 0 Å². The van der Waals surface area contributed by atoms with Gasteiger partial charge in [-0.15, -0.1) is 11.3 Å². The molecular weight excluding hydrogens is 484 g/mol. The van der Waals surface area contributed by atoms with Gasteiger partial charge in [-0.3, -0.25) is 9.59 Å². The van der Waals surface area contributed by atoms with Gasteiger partial charge in [-0.25, -0.2) is 0 Å². The van der Waals surface area contributed by atoms with Crippen LogP contribution in [0.5, 0.6) is 11.5 Å². The SMILES string of the molecule is COc1ccc(C(=O)N/C(=C\c2cccs2)C(=O)NC(c2ccccc2)c2ccc(C)cc2)cc1OC. The highest BCUT2D eigenvalue weighted by atomic mass is 32.1. The van der Waals surface area contributed by atoms with E-state index in [0.717, 1.165) is 21.6 Å². The first-order valence-electron chi connectivity index (χ1n) is 11.7. The van der Waals surface area contributed by atoms with Gasteiger partial charge in [-0.05, 0) is 53.8 Å². The summed E-state index contributed by atoms with van der Waals surface area (Å²) in [5.74, 6) is 0.0870.